The summed E-state index contributed by atoms with van der Waals surface area (Å²) in [5.41, 5.74) is 1.25. The lowest BCUT2D eigenvalue weighted by Crippen LogP contribution is -2.24. The zero-order chi connectivity index (χ0) is 17.7. The third kappa shape index (κ3) is 5.19. The number of nitrogens with one attached hydrogen (secondary N) is 1. The molecule has 24 heavy (non-hydrogen) atoms. The Balaban J connectivity index is 2.04. The van der Waals surface area contributed by atoms with Crippen LogP contribution in [0.4, 0.5) is 8.78 Å². The minimum atomic E-state index is -3.02. The van der Waals surface area contributed by atoms with Gasteiger partial charge in [-0.3, -0.25) is 9.00 Å². The highest BCUT2D eigenvalue weighted by Gasteiger charge is 2.26. The molecule has 0 aliphatic heterocycles. The molecule has 1 unspecified atom stereocenters. The van der Waals surface area contributed by atoms with Gasteiger partial charge in [0.25, 0.3) is 11.8 Å². The molecular formula is C17H18F2N2O2S. The summed E-state index contributed by atoms with van der Waals surface area (Å²) >= 11 is 0. The summed E-state index contributed by atoms with van der Waals surface area (Å²) in [6, 6.07) is 11.1. The van der Waals surface area contributed by atoms with Gasteiger partial charge >= 0.3 is 0 Å². The predicted molar refractivity (Wildman–Crippen MR) is 89.2 cm³/mol. The Labute approximate surface area is 141 Å². The molecule has 1 amide bonds. The highest BCUT2D eigenvalue weighted by atomic mass is 32.2. The number of hydrogen-bond acceptors (Lipinski definition) is 3. The van der Waals surface area contributed by atoms with Gasteiger partial charge in [-0.1, -0.05) is 18.2 Å². The number of benzene rings is 1. The molecule has 0 fully saturated rings. The molecule has 0 radical (unpaired) electrons. The van der Waals surface area contributed by atoms with Gasteiger partial charge in [-0.2, -0.15) is 8.78 Å². The Morgan fingerprint density at radius 3 is 2.62 bits per heavy atom. The van der Waals surface area contributed by atoms with E-state index >= 15 is 0 Å². The number of pyridine rings is 1. The maximum atomic E-state index is 13.3. The van der Waals surface area contributed by atoms with Crippen LogP contribution in [0.3, 0.4) is 0 Å². The molecule has 1 aromatic heterocycles. The number of halogens is 2. The Morgan fingerprint density at radius 1 is 1.25 bits per heavy atom. The molecule has 1 aromatic carbocycles. The third-order valence-corrected chi connectivity index (χ3v) is 3.99. The molecule has 0 aliphatic rings. The van der Waals surface area contributed by atoms with Crippen LogP contribution in [0.1, 0.15) is 34.2 Å². The Morgan fingerprint density at radius 2 is 1.96 bits per heavy atom. The fourth-order valence-corrected chi connectivity index (χ4v) is 2.78. The summed E-state index contributed by atoms with van der Waals surface area (Å²) in [4.78, 5) is 16.0. The van der Waals surface area contributed by atoms with E-state index in [1.807, 2.05) is 0 Å². The number of carbonyl (C=O) groups is 1. The van der Waals surface area contributed by atoms with E-state index in [1.165, 1.54) is 12.1 Å². The predicted octanol–water partition coefficient (Wildman–Crippen LogP) is 3.00. The molecule has 7 heteroatoms. The standard InChI is InChI=1S/C17H18F2N2O2S/c1-17(18,19)15-8-4-7-14(21-15)10-20-16(22)13-6-3-5-12(9-13)11-24(2)23/h3-9H,10-11H2,1-2H3,(H,20,22). The van der Waals surface area contributed by atoms with Crippen molar-refractivity contribution in [3.63, 3.8) is 0 Å². The summed E-state index contributed by atoms with van der Waals surface area (Å²) in [6.07, 6.45) is 1.59. The quantitative estimate of drug-likeness (QED) is 0.869. The number of carbonyl (C=O) groups excluding carboxylic acids is 1. The van der Waals surface area contributed by atoms with Gasteiger partial charge in [0, 0.05) is 35.3 Å². The van der Waals surface area contributed by atoms with Gasteiger partial charge in [-0.05, 0) is 29.8 Å². The maximum Gasteiger partial charge on any atom is 0.286 e. The smallest absolute Gasteiger partial charge is 0.286 e. The molecule has 128 valence electrons. The minimum Gasteiger partial charge on any atom is -0.346 e. The van der Waals surface area contributed by atoms with Crippen LogP contribution < -0.4 is 5.32 Å². The van der Waals surface area contributed by atoms with Gasteiger partial charge in [0.1, 0.15) is 5.69 Å². The van der Waals surface area contributed by atoms with Gasteiger partial charge in [0.15, 0.2) is 0 Å². The average Bonchev–Trinajstić information content (AvgIpc) is 2.51. The van der Waals surface area contributed by atoms with Crippen molar-refractivity contribution in [2.24, 2.45) is 0 Å². The topological polar surface area (TPSA) is 59.1 Å². The van der Waals surface area contributed by atoms with Crippen molar-refractivity contribution in [3.8, 4) is 0 Å². The molecule has 0 saturated carbocycles. The lowest BCUT2D eigenvalue weighted by atomic mass is 10.1. The lowest BCUT2D eigenvalue weighted by molar-refractivity contribution is 0.0125. The number of aromatic nitrogens is 1. The van der Waals surface area contributed by atoms with E-state index in [0.717, 1.165) is 12.5 Å². The molecule has 1 heterocycles. The van der Waals surface area contributed by atoms with Crippen molar-refractivity contribution >= 4 is 16.7 Å². The van der Waals surface area contributed by atoms with Crippen molar-refractivity contribution in [2.45, 2.75) is 25.1 Å². The number of alkyl halides is 2. The van der Waals surface area contributed by atoms with E-state index in [9.17, 15) is 17.8 Å². The highest BCUT2D eigenvalue weighted by molar-refractivity contribution is 7.83. The fourth-order valence-electron chi connectivity index (χ4n) is 2.13. The van der Waals surface area contributed by atoms with Crippen LogP contribution in [-0.2, 0) is 29.0 Å². The largest absolute Gasteiger partial charge is 0.346 e. The first-order valence-electron chi connectivity index (χ1n) is 7.27. The van der Waals surface area contributed by atoms with E-state index in [4.69, 9.17) is 0 Å². The van der Waals surface area contributed by atoms with E-state index in [0.29, 0.717) is 17.0 Å². The van der Waals surface area contributed by atoms with Gasteiger partial charge in [0.2, 0.25) is 0 Å². The molecule has 0 spiro atoms. The molecule has 0 bridgehead atoms. The molecule has 1 N–H and O–H groups in total. The normalized spacial score (nSPS) is 12.7. The first-order chi connectivity index (χ1) is 11.3. The van der Waals surface area contributed by atoms with Crippen molar-refractivity contribution in [1.82, 2.24) is 10.3 Å². The van der Waals surface area contributed by atoms with Crippen LogP contribution in [0.25, 0.3) is 0 Å². The summed E-state index contributed by atoms with van der Waals surface area (Å²) in [6.45, 7) is 0.827. The Kier molecular flexibility index (Phi) is 5.77. The summed E-state index contributed by atoms with van der Waals surface area (Å²) in [5.74, 6) is -2.99. The third-order valence-electron chi connectivity index (χ3n) is 3.25. The van der Waals surface area contributed by atoms with Crippen LogP contribution in [0.2, 0.25) is 0 Å². The maximum absolute atomic E-state index is 13.3. The van der Waals surface area contributed by atoms with Crippen molar-refractivity contribution < 1.29 is 17.8 Å². The summed E-state index contributed by atoms with van der Waals surface area (Å²) < 4.78 is 37.8. The summed E-state index contributed by atoms with van der Waals surface area (Å²) in [5, 5.41) is 2.65. The second-order valence-corrected chi connectivity index (χ2v) is 6.94. The van der Waals surface area contributed by atoms with E-state index in [2.05, 4.69) is 10.3 Å². The van der Waals surface area contributed by atoms with E-state index < -0.39 is 16.7 Å². The van der Waals surface area contributed by atoms with Crippen molar-refractivity contribution in [2.75, 3.05) is 6.26 Å². The SMILES string of the molecule is CS(=O)Cc1cccc(C(=O)NCc2cccc(C(C)(F)F)n2)c1. The van der Waals surface area contributed by atoms with Crippen molar-refractivity contribution in [3.05, 3.63) is 65.0 Å². The second kappa shape index (κ2) is 7.61. The molecular weight excluding hydrogens is 334 g/mol. The number of hydrogen-bond donors (Lipinski definition) is 1. The van der Waals surface area contributed by atoms with Crippen LogP contribution in [0.15, 0.2) is 42.5 Å². The number of amides is 1. The molecule has 2 aromatic rings. The lowest BCUT2D eigenvalue weighted by Gasteiger charge is -2.11. The molecule has 2 rings (SSSR count). The number of rotatable bonds is 6. The Hall–Kier alpha value is -2.15. The van der Waals surface area contributed by atoms with Crippen molar-refractivity contribution in [1.29, 1.82) is 0 Å². The van der Waals surface area contributed by atoms with Crippen LogP contribution in [0.5, 0.6) is 0 Å². The zero-order valence-electron chi connectivity index (χ0n) is 13.4. The molecule has 4 nitrogen and oxygen atoms in total. The average molecular weight is 352 g/mol. The fraction of sp³-hybridized carbons (Fsp3) is 0.294. The van der Waals surface area contributed by atoms with E-state index in [-0.39, 0.29) is 18.1 Å². The summed E-state index contributed by atoms with van der Waals surface area (Å²) in [7, 11) is -0.995. The molecule has 0 saturated heterocycles. The van der Waals surface area contributed by atoms with Crippen LogP contribution in [-0.4, -0.2) is 21.4 Å². The van der Waals surface area contributed by atoms with Crippen LogP contribution in [0, 0.1) is 0 Å². The van der Waals surface area contributed by atoms with Gasteiger partial charge in [-0.15, -0.1) is 0 Å². The van der Waals surface area contributed by atoms with Gasteiger partial charge in [0.05, 0.1) is 12.2 Å². The van der Waals surface area contributed by atoms with Crippen LogP contribution >= 0.6 is 0 Å². The highest BCUT2D eigenvalue weighted by Crippen LogP contribution is 2.24. The van der Waals surface area contributed by atoms with Gasteiger partial charge < -0.3 is 5.32 Å². The monoisotopic (exact) mass is 352 g/mol. The van der Waals surface area contributed by atoms with E-state index in [1.54, 1.807) is 36.6 Å². The zero-order valence-corrected chi connectivity index (χ0v) is 14.2. The first-order valence-corrected chi connectivity index (χ1v) is 9.00. The molecule has 0 aliphatic carbocycles. The minimum absolute atomic E-state index is 0.0483. The number of nitrogens with zero attached hydrogens (tertiary/aromatic N) is 1. The van der Waals surface area contributed by atoms with Gasteiger partial charge in [-0.25, -0.2) is 4.98 Å². The first kappa shape index (κ1) is 18.2. The molecule has 1 atom stereocenters. The second-order valence-electron chi connectivity index (χ2n) is 5.50. The Bertz CT molecular complexity index is 760.